The first-order valence-corrected chi connectivity index (χ1v) is 7.30. The summed E-state index contributed by atoms with van der Waals surface area (Å²) in [4.78, 5) is 37.0. The number of hydrogen-bond donors (Lipinski definition) is 1. The summed E-state index contributed by atoms with van der Waals surface area (Å²) < 4.78 is 0. The van der Waals surface area contributed by atoms with Crippen LogP contribution in [0.3, 0.4) is 0 Å². The molecule has 3 amide bonds. The SMILES string of the molecule is C=C=C1c2ccccc2C(=O)N1C1CCC(=O)NC1=O.CC.[HH]. The Hall–Kier alpha value is -2.65. The van der Waals surface area contributed by atoms with Crippen molar-refractivity contribution >= 4 is 23.4 Å². The fourth-order valence-corrected chi connectivity index (χ4v) is 2.64. The van der Waals surface area contributed by atoms with E-state index in [1.54, 1.807) is 18.2 Å². The maximum absolute atomic E-state index is 12.5. The number of benzene rings is 1. The van der Waals surface area contributed by atoms with Gasteiger partial charge in [0.05, 0.1) is 5.70 Å². The van der Waals surface area contributed by atoms with Gasteiger partial charge >= 0.3 is 0 Å². The van der Waals surface area contributed by atoms with Gasteiger partial charge in [-0.1, -0.05) is 38.6 Å². The van der Waals surface area contributed by atoms with Crippen molar-refractivity contribution < 1.29 is 15.8 Å². The summed E-state index contributed by atoms with van der Waals surface area (Å²) in [6.45, 7) is 7.61. The highest BCUT2D eigenvalue weighted by Gasteiger charge is 2.41. The van der Waals surface area contributed by atoms with Crippen molar-refractivity contribution in [3.8, 4) is 0 Å². The third-order valence-electron chi connectivity index (χ3n) is 3.56. The van der Waals surface area contributed by atoms with Gasteiger partial charge in [0, 0.05) is 19.0 Å². The van der Waals surface area contributed by atoms with Crippen molar-refractivity contribution in [2.75, 3.05) is 0 Å². The quantitative estimate of drug-likeness (QED) is 0.639. The molecule has 1 N–H and O–H groups in total. The van der Waals surface area contributed by atoms with E-state index in [4.69, 9.17) is 0 Å². The molecule has 22 heavy (non-hydrogen) atoms. The lowest BCUT2D eigenvalue weighted by molar-refractivity contribution is -0.136. The minimum absolute atomic E-state index is 0. The summed E-state index contributed by atoms with van der Waals surface area (Å²) in [5.74, 6) is -1.00. The number of carbonyl (C=O) groups excluding carboxylic acids is 3. The molecule has 0 bridgehead atoms. The van der Waals surface area contributed by atoms with Crippen LogP contribution in [-0.4, -0.2) is 28.7 Å². The lowest BCUT2D eigenvalue weighted by Crippen LogP contribution is -2.52. The first-order valence-electron chi connectivity index (χ1n) is 7.30. The van der Waals surface area contributed by atoms with Crippen molar-refractivity contribution in [1.82, 2.24) is 10.2 Å². The fraction of sp³-hybridized carbons (Fsp3) is 0.294. The molecule has 1 aromatic carbocycles. The van der Waals surface area contributed by atoms with Crippen LogP contribution in [0.25, 0.3) is 5.70 Å². The average Bonchev–Trinajstić information content (AvgIpc) is 2.82. The van der Waals surface area contributed by atoms with Gasteiger partial charge in [-0.05, 0) is 12.5 Å². The Labute approximate surface area is 130 Å². The number of amides is 3. The van der Waals surface area contributed by atoms with Crippen molar-refractivity contribution in [3.63, 3.8) is 0 Å². The number of nitrogens with one attached hydrogen (secondary N) is 1. The predicted octanol–water partition coefficient (Wildman–Crippen LogP) is 2.35. The summed E-state index contributed by atoms with van der Waals surface area (Å²) in [6, 6.07) is 6.41. The van der Waals surface area contributed by atoms with Crippen LogP contribution in [0.4, 0.5) is 0 Å². The van der Waals surface area contributed by atoms with Gasteiger partial charge in [0.2, 0.25) is 11.8 Å². The van der Waals surface area contributed by atoms with Crippen LogP contribution in [0, 0.1) is 0 Å². The molecule has 0 spiro atoms. The van der Waals surface area contributed by atoms with Gasteiger partial charge in [-0.2, -0.15) is 0 Å². The molecule has 1 unspecified atom stereocenters. The largest absolute Gasteiger partial charge is 0.295 e. The van der Waals surface area contributed by atoms with Gasteiger partial charge < -0.3 is 0 Å². The van der Waals surface area contributed by atoms with E-state index < -0.39 is 11.9 Å². The van der Waals surface area contributed by atoms with Crippen molar-refractivity contribution in [3.05, 3.63) is 47.7 Å². The number of nitrogens with zero attached hydrogens (tertiary/aromatic N) is 1. The van der Waals surface area contributed by atoms with Gasteiger partial charge in [0.15, 0.2) is 0 Å². The summed E-state index contributed by atoms with van der Waals surface area (Å²) >= 11 is 0. The zero-order chi connectivity index (χ0) is 16.3. The van der Waals surface area contributed by atoms with Crippen LogP contribution in [0.15, 0.2) is 36.6 Å². The average molecular weight is 300 g/mol. The van der Waals surface area contributed by atoms with E-state index in [0.717, 1.165) is 5.56 Å². The lowest BCUT2D eigenvalue weighted by Gasteiger charge is -2.29. The fourth-order valence-electron chi connectivity index (χ4n) is 2.64. The third kappa shape index (κ3) is 2.47. The summed E-state index contributed by atoms with van der Waals surface area (Å²) in [5, 5.41) is 2.26. The molecule has 1 fully saturated rings. The second-order valence-corrected chi connectivity index (χ2v) is 4.71. The van der Waals surface area contributed by atoms with E-state index in [1.807, 2.05) is 19.9 Å². The molecule has 1 atom stereocenters. The molecule has 2 aliphatic rings. The topological polar surface area (TPSA) is 66.5 Å². The first kappa shape index (κ1) is 15.7. The van der Waals surface area contributed by atoms with E-state index in [0.29, 0.717) is 17.7 Å². The smallest absolute Gasteiger partial charge is 0.260 e. The second-order valence-electron chi connectivity index (χ2n) is 4.71. The van der Waals surface area contributed by atoms with Crippen LogP contribution < -0.4 is 5.32 Å². The Bertz CT molecular complexity index is 693. The van der Waals surface area contributed by atoms with Crippen molar-refractivity contribution in [1.29, 1.82) is 0 Å². The van der Waals surface area contributed by atoms with E-state index in [1.165, 1.54) is 4.90 Å². The maximum Gasteiger partial charge on any atom is 0.260 e. The number of piperidine rings is 1. The molecular weight excluding hydrogens is 280 g/mol. The highest BCUT2D eigenvalue weighted by molar-refractivity contribution is 6.12. The van der Waals surface area contributed by atoms with Crippen molar-refractivity contribution in [2.45, 2.75) is 32.7 Å². The Morgan fingerprint density at radius 2 is 1.86 bits per heavy atom. The van der Waals surface area contributed by atoms with Gasteiger partial charge in [0.25, 0.3) is 5.91 Å². The second kappa shape index (κ2) is 6.41. The standard InChI is InChI=1S/C15H12N2O3.C2H6.H2/c1-2-11-9-5-3-4-6-10(9)15(20)17(11)12-7-8-13(18)16-14(12)19;1-2;/h3-6,12H,1,7-8H2,(H,16,18,19);1-2H3;1H. The highest BCUT2D eigenvalue weighted by atomic mass is 16.2. The molecule has 0 saturated carbocycles. The van der Waals surface area contributed by atoms with E-state index in [-0.39, 0.29) is 19.7 Å². The van der Waals surface area contributed by atoms with Crippen LogP contribution >= 0.6 is 0 Å². The normalized spacial score (nSPS) is 19.9. The molecule has 116 valence electrons. The van der Waals surface area contributed by atoms with Gasteiger partial charge in [-0.3, -0.25) is 24.6 Å². The molecule has 5 nitrogen and oxygen atoms in total. The number of rotatable bonds is 1. The molecule has 3 rings (SSSR count). The first-order chi connectivity index (χ1) is 10.6. The number of imide groups is 1. The number of fused-ring (bicyclic) bond motifs is 1. The Kier molecular flexibility index (Phi) is 4.59. The zero-order valence-corrected chi connectivity index (χ0v) is 12.7. The van der Waals surface area contributed by atoms with Crippen LogP contribution in [0.5, 0.6) is 0 Å². The predicted molar refractivity (Wildman–Crippen MR) is 84.8 cm³/mol. The van der Waals surface area contributed by atoms with Gasteiger partial charge in [-0.15, -0.1) is 5.73 Å². The molecule has 0 aliphatic carbocycles. The Balaban J connectivity index is 0.000000849. The number of carbonyl (C=O) groups is 3. The van der Waals surface area contributed by atoms with E-state index in [2.05, 4.69) is 17.6 Å². The number of hydrogen-bond acceptors (Lipinski definition) is 3. The molecule has 1 saturated heterocycles. The summed E-state index contributed by atoms with van der Waals surface area (Å²) in [7, 11) is 0. The monoisotopic (exact) mass is 300 g/mol. The molecule has 0 aromatic heterocycles. The van der Waals surface area contributed by atoms with E-state index in [9.17, 15) is 14.4 Å². The lowest BCUT2D eigenvalue weighted by atomic mass is 10.0. The van der Waals surface area contributed by atoms with E-state index >= 15 is 0 Å². The third-order valence-corrected chi connectivity index (χ3v) is 3.56. The van der Waals surface area contributed by atoms with Crippen molar-refractivity contribution in [2.24, 2.45) is 0 Å². The minimum atomic E-state index is -0.683. The van der Waals surface area contributed by atoms with Gasteiger partial charge in [-0.25, -0.2) is 0 Å². The Morgan fingerprint density at radius 3 is 2.45 bits per heavy atom. The molecule has 1 aromatic rings. The summed E-state index contributed by atoms with van der Waals surface area (Å²) in [6.07, 6.45) is 0.538. The molecule has 5 heteroatoms. The Morgan fingerprint density at radius 1 is 1.23 bits per heavy atom. The molecule has 2 heterocycles. The van der Waals surface area contributed by atoms with Gasteiger partial charge in [0.1, 0.15) is 6.04 Å². The minimum Gasteiger partial charge on any atom is -0.295 e. The molecular formula is C17H20N2O3. The molecule has 0 radical (unpaired) electrons. The van der Waals surface area contributed by atoms with Crippen LogP contribution in [0.1, 0.15) is 44.0 Å². The highest BCUT2D eigenvalue weighted by Crippen LogP contribution is 2.35. The van der Waals surface area contributed by atoms with Crippen LogP contribution in [0.2, 0.25) is 0 Å². The zero-order valence-electron chi connectivity index (χ0n) is 12.7. The van der Waals surface area contributed by atoms with Crippen LogP contribution in [-0.2, 0) is 9.59 Å². The summed E-state index contributed by atoms with van der Waals surface area (Å²) in [5.41, 5.74) is 4.49. The maximum atomic E-state index is 12.5. The molecule has 2 aliphatic heterocycles.